The van der Waals surface area contributed by atoms with Crippen LogP contribution in [0.4, 0.5) is 5.69 Å². The topological polar surface area (TPSA) is 64.3 Å². The maximum absolute atomic E-state index is 10.9. The molecule has 0 amide bonds. The van der Waals surface area contributed by atoms with E-state index in [0.29, 0.717) is 18.7 Å². The van der Waals surface area contributed by atoms with Gasteiger partial charge in [0.15, 0.2) is 0 Å². The Labute approximate surface area is 115 Å². The highest BCUT2D eigenvalue weighted by Gasteiger charge is 2.18. The normalized spacial score (nSPS) is 11.7. The van der Waals surface area contributed by atoms with E-state index in [1.54, 1.807) is 13.0 Å². The summed E-state index contributed by atoms with van der Waals surface area (Å²) in [7, 11) is 0. The third kappa shape index (κ3) is 3.23. The van der Waals surface area contributed by atoms with Crippen LogP contribution >= 0.6 is 15.9 Å². The van der Waals surface area contributed by atoms with Gasteiger partial charge >= 0.3 is 5.97 Å². The van der Waals surface area contributed by atoms with Crippen LogP contribution in [0.1, 0.15) is 19.4 Å². The van der Waals surface area contributed by atoms with Gasteiger partial charge in [0.2, 0.25) is 0 Å². The lowest BCUT2D eigenvalue weighted by Gasteiger charge is -2.26. The Balaban J connectivity index is 3.07. The Morgan fingerprint density at radius 1 is 1.61 bits per heavy atom. The average molecular weight is 311 g/mol. The zero-order valence-electron chi connectivity index (χ0n) is 10.4. The van der Waals surface area contributed by atoms with E-state index in [2.05, 4.69) is 22.0 Å². The number of halogens is 1. The molecule has 0 aliphatic carbocycles. The molecule has 1 atom stereocenters. The fourth-order valence-electron chi connectivity index (χ4n) is 1.69. The van der Waals surface area contributed by atoms with Crippen LogP contribution in [-0.4, -0.2) is 24.2 Å². The number of anilines is 1. The van der Waals surface area contributed by atoms with Gasteiger partial charge in [-0.1, -0.05) is 13.0 Å². The van der Waals surface area contributed by atoms with Gasteiger partial charge in [-0.2, -0.15) is 5.26 Å². The molecule has 1 aromatic carbocycles. The van der Waals surface area contributed by atoms with Crippen LogP contribution in [0.3, 0.4) is 0 Å². The molecule has 0 aliphatic heterocycles. The lowest BCUT2D eigenvalue weighted by atomic mass is 10.1. The monoisotopic (exact) mass is 310 g/mol. The molecule has 1 unspecified atom stereocenters. The van der Waals surface area contributed by atoms with Crippen molar-refractivity contribution in [1.82, 2.24) is 0 Å². The third-order valence-corrected chi connectivity index (χ3v) is 3.40. The molecule has 1 aromatic rings. The molecule has 0 saturated heterocycles. The zero-order chi connectivity index (χ0) is 13.7. The van der Waals surface area contributed by atoms with Gasteiger partial charge in [-0.25, -0.2) is 0 Å². The molecule has 0 bridgehead atoms. The van der Waals surface area contributed by atoms with Crippen molar-refractivity contribution in [3.05, 3.63) is 28.2 Å². The van der Waals surface area contributed by atoms with E-state index in [0.717, 1.165) is 10.2 Å². The molecule has 0 spiro atoms. The summed E-state index contributed by atoms with van der Waals surface area (Å²) in [5, 5.41) is 18.1. The summed E-state index contributed by atoms with van der Waals surface area (Å²) in [6.07, 6.45) is 0. The van der Waals surface area contributed by atoms with Crippen molar-refractivity contribution in [2.75, 3.05) is 18.0 Å². The largest absolute Gasteiger partial charge is 0.481 e. The Morgan fingerprint density at radius 3 is 2.78 bits per heavy atom. The average Bonchev–Trinajstić information content (AvgIpc) is 2.35. The molecule has 0 fully saturated rings. The van der Waals surface area contributed by atoms with Crippen molar-refractivity contribution >= 4 is 27.6 Å². The van der Waals surface area contributed by atoms with E-state index in [-0.39, 0.29) is 0 Å². The smallest absolute Gasteiger partial charge is 0.308 e. The first-order chi connectivity index (χ1) is 8.51. The van der Waals surface area contributed by atoms with E-state index in [4.69, 9.17) is 10.4 Å². The zero-order valence-corrected chi connectivity index (χ0v) is 11.9. The quantitative estimate of drug-likeness (QED) is 0.908. The number of hydrogen-bond donors (Lipinski definition) is 1. The Morgan fingerprint density at radius 2 is 2.28 bits per heavy atom. The van der Waals surface area contributed by atoms with Crippen LogP contribution in [0, 0.1) is 17.2 Å². The summed E-state index contributed by atoms with van der Waals surface area (Å²) in [6.45, 7) is 4.64. The van der Waals surface area contributed by atoms with E-state index in [1.807, 2.05) is 24.0 Å². The van der Waals surface area contributed by atoms with Crippen LogP contribution in [0.25, 0.3) is 0 Å². The summed E-state index contributed by atoms with van der Waals surface area (Å²) < 4.78 is 0.726. The highest BCUT2D eigenvalue weighted by molar-refractivity contribution is 9.10. The fraction of sp³-hybridized carbons (Fsp3) is 0.385. The van der Waals surface area contributed by atoms with Crippen molar-refractivity contribution in [1.29, 1.82) is 5.26 Å². The molecule has 4 nitrogen and oxygen atoms in total. The lowest BCUT2D eigenvalue weighted by molar-refractivity contribution is -0.140. The predicted molar refractivity (Wildman–Crippen MR) is 73.5 cm³/mol. The highest BCUT2D eigenvalue weighted by atomic mass is 79.9. The second kappa shape index (κ2) is 6.41. The first-order valence-corrected chi connectivity index (χ1v) is 6.46. The Bertz CT molecular complexity index is 482. The van der Waals surface area contributed by atoms with E-state index >= 15 is 0 Å². The number of carboxylic acid groups (broad SMARTS) is 1. The molecule has 96 valence electrons. The molecular weight excluding hydrogens is 296 g/mol. The van der Waals surface area contributed by atoms with E-state index in [9.17, 15) is 4.79 Å². The van der Waals surface area contributed by atoms with Crippen LogP contribution in [0.5, 0.6) is 0 Å². The van der Waals surface area contributed by atoms with Gasteiger partial charge in [-0.15, -0.1) is 0 Å². The number of nitriles is 1. The van der Waals surface area contributed by atoms with E-state index in [1.165, 1.54) is 0 Å². The molecule has 18 heavy (non-hydrogen) atoms. The summed E-state index contributed by atoms with van der Waals surface area (Å²) >= 11 is 3.33. The summed E-state index contributed by atoms with van der Waals surface area (Å²) in [5.41, 5.74) is 1.31. The summed E-state index contributed by atoms with van der Waals surface area (Å²) in [6, 6.07) is 7.62. The first-order valence-electron chi connectivity index (χ1n) is 5.67. The Hall–Kier alpha value is -1.54. The second-order valence-electron chi connectivity index (χ2n) is 4.02. The van der Waals surface area contributed by atoms with Crippen molar-refractivity contribution < 1.29 is 9.90 Å². The minimum Gasteiger partial charge on any atom is -0.481 e. The number of nitrogens with zero attached hydrogens (tertiary/aromatic N) is 2. The second-order valence-corrected chi connectivity index (χ2v) is 4.88. The number of carbonyl (C=O) groups is 1. The predicted octanol–water partition coefficient (Wildman–Crippen LogP) is 2.87. The molecular formula is C13H15BrN2O2. The molecule has 0 saturated carbocycles. The van der Waals surface area contributed by atoms with Crippen molar-refractivity contribution in [3.8, 4) is 6.07 Å². The summed E-state index contributed by atoms with van der Waals surface area (Å²) in [5.74, 6) is -1.31. The molecule has 0 radical (unpaired) electrons. The standard InChI is InChI=1S/C13H15BrN2O2/c1-3-16(8-9(2)13(17)18)12-6-4-5-11(14)10(12)7-15/h4-6,9H,3,8H2,1-2H3,(H,17,18). The molecule has 1 N–H and O–H groups in total. The SMILES string of the molecule is CCN(CC(C)C(=O)O)c1cccc(Br)c1C#N. The number of carboxylic acids is 1. The van der Waals surface area contributed by atoms with Crippen molar-refractivity contribution in [3.63, 3.8) is 0 Å². The number of hydrogen-bond acceptors (Lipinski definition) is 3. The van der Waals surface area contributed by atoms with Gasteiger partial charge in [0, 0.05) is 17.6 Å². The third-order valence-electron chi connectivity index (χ3n) is 2.74. The van der Waals surface area contributed by atoms with Gasteiger partial charge in [0.05, 0.1) is 17.2 Å². The van der Waals surface area contributed by atoms with Gasteiger partial charge in [0.1, 0.15) is 6.07 Å². The van der Waals surface area contributed by atoms with Crippen molar-refractivity contribution in [2.45, 2.75) is 13.8 Å². The molecule has 0 aliphatic rings. The number of rotatable bonds is 5. The minimum atomic E-state index is -0.832. The molecule has 0 heterocycles. The van der Waals surface area contributed by atoms with Crippen LogP contribution < -0.4 is 4.90 Å². The van der Waals surface area contributed by atoms with Gasteiger partial charge in [-0.05, 0) is 35.0 Å². The lowest BCUT2D eigenvalue weighted by Crippen LogP contribution is -2.32. The maximum Gasteiger partial charge on any atom is 0.308 e. The first kappa shape index (κ1) is 14.5. The van der Waals surface area contributed by atoms with Crippen LogP contribution in [-0.2, 0) is 4.79 Å². The summed E-state index contributed by atoms with van der Waals surface area (Å²) in [4.78, 5) is 12.8. The van der Waals surface area contributed by atoms with Crippen molar-refractivity contribution in [2.24, 2.45) is 5.92 Å². The van der Waals surface area contributed by atoms with E-state index < -0.39 is 11.9 Å². The van der Waals surface area contributed by atoms with Crippen LogP contribution in [0.15, 0.2) is 22.7 Å². The molecule has 1 rings (SSSR count). The Kier molecular flexibility index (Phi) is 5.17. The van der Waals surface area contributed by atoms with Gasteiger partial charge in [0.25, 0.3) is 0 Å². The fourth-order valence-corrected chi connectivity index (χ4v) is 2.14. The maximum atomic E-state index is 10.9. The van der Waals surface area contributed by atoms with Gasteiger partial charge in [-0.3, -0.25) is 4.79 Å². The minimum absolute atomic E-state index is 0.386. The number of aliphatic carboxylic acids is 1. The van der Waals surface area contributed by atoms with Crippen LogP contribution in [0.2, 0.25) is 0 Å². The number of benzene rings is 1. The van der Waals surface area contributed by atoms with Gasteiger partial charge < -0.3 is 10.0 Å². The highest BCUT2D eigenvalue weighted by Crippen LogP contribution is 2.27. The molecule has 0 aromatic heterocycles. The molecule has 5 heteroatoms.